The molecule has 1 aromatic rings. The standard InChI is InChI=1S/C11H10F5NO2/c1-17(10(18)19-6-11(14,15)16)5-7-2-3-8(12)9(13)4-7/h2-4H,5-6H2,1H3. The average molecular weight is 283 g/mol. The summed E-state index contributed by atoms with van der Waals surface area (Å²) in [5.41, 5.74) is 0.227. The van der Waals surface area contributed by atoms with Crippen LogP contribution in [0, 0.1) is 11.6 Å². The minimum Gasteiger partial charge on any atom is -0.440 e. The lowest BCUT2D eigenvalue weighted by molar-refractivity contribution is -0.162. The van der Waals surface area contributed by atoms with Gasteiger partial charge in [0.2, 0.25) is 0 Å². The van der Waals surface area contributed by atoms with Gasteiger partial charge in [-0.2, -0.15) is 13.2 Å². The number of benzene rings is 1. The normalized spacial score (nSPS) is 11.3. The summed E-state index contributed by atoms with van der Waals surface area (Å²) >= 11 is 0. The van der Waals surface area contributed by atoms with Crippen molar-refractivity contribution in [2.45, 2.75) is 12.7 Å². The fourth-order valence-electron chi connectivity index (χ4n) is 1.23. The van der Waals surface area contributed by atoms with Gasteiger partial charge in [-0.05, 0) is 17.7 Å². The van der Waals surface area contributed by atoms with Gasteiger partial charge < -0.3 is 9.64 Å². The number of rotatable bonds is 3. The van der Waals surface area contributed by atoms with E-state index in [0.29, 0.717) is 0 Å². The lowest BCUT2D eigenvalue weighted by Crippen LogP contribution is -2.30. The first kappa shape index (κ1) is 15.2. The van der Waals surface area contributed by atoms with Crippen LogP contribution in [0.4, 0.5) is 26.7 Å². The summed E-state index contributed by atoms with van der Waals surface area (Å²) in [5, 5.41) is 0. The minimum absolute atomic E-state index is 0.201. The molecule has 0 aromatic heterocycles. The van der Waals surface area contributed by atoms with Crippen LogP contribution in [0.15, 0.2) is 18.2 Å². The molecule has 1 rings (SSSR count). The van der Waals surface area contributed by atoms with Gasteiger partial charge in [0, 0.05) is 13.6 Å². The maximum absolute atomic E-state index is 12.9. The van der Waals surface area contributed by atoms with E-state index in [1.807, 2.05) is 0 Å². The molecule has 19 heavy (non-hydrogen) atoms. The third-order valence-electron chi connectivity index (χ3n) is 2.07. The summed E-state index contributed by atoms with van der Waals surface area (Å²) in [7, 11) is 1.18. The number of amides is 1. The molecule has 0 unspecified atom stereocenters. The van der Waals surface area contributed by atoms with Crippen LogP contribution in [0.2, 0.25) is 0 Å². The van der Waals surface area contributed by atoms with E-state index in [1.165, 1.54) is 13.1 Å². The van der Waals surface area contributed by atoms with E-state index in [4.69, 9.17) is 0 Å². The molecule has 0 aliphatic carbocycles. The Kier molecular flexibility index (Phi) is 4.68. The van der Waals surface area contributed by atoms with Crippen LogP contribution in [0.5, 0.6) is 0 Å². The first-order valence-electron chi connectivity index (χ1n) is 5.07. The van der Waals surface area contributed by atoms with Crippen LogP contribution >= 0.6 is 0 Å². The molecule has 0 saturated carbocycles. The molecule has 0 N–H and O–H groups in total. The zero-order chi connectivity index (χ0) is 14.6. The molecule has 0 spiro atoms. The Labute approximate surface area is 105 Å². The van der Waals surface area contributed by atoms with Gasteiger partial charge >= 0.3 is 12.3 Å². The molecule has 0 radical (unpaired) electrons. The number of carbonyl (C=O) groups is 1. The van der Waals surface area contributed by atoms with Crippen LogP contribution in [-0.2, 0) is 11.3 Å². The van der Waals surface area contributed by atoms with E-state index in [2.05, 4.69) is 4.74 Å². The Morgan fingerprint density at radius 2 is 1.89 bits per heavy atom. The molecule has 0 bridgehead atoms. The Morgan fingerprint density at radius 3 is 2.42 bits per heavy atom. The average Bonchev–Trinajstić information content (AvgIpc) is 2.29. The van der Waals surface area contributed by atoms with Gasteiger partial charge in [0.05, 0.1) is 0 Å². The van der Waals surface area contributed by atoms with Crippen LogP contribution in [-0.4, -0.2) is 30.8 Å². The molecule has 0 saturated heterocycles. The number of hydrogen-bond donors (Lipinski definition) is 0. The highest BCUT2D eigenvalue weighted by Crippen LogP contribution is 2.16. The highest BCUT2D eigenvalue weighted by atomic mass is 19.4. The summed E-state index contributed by atoms with van der Waals surface area (Å²) in [5.74, 6) is -2.15. The third kappa shape index (κ3) is 5.11. The molecule has 0 atom stereocenters. The molecule has 106 valence electrons. The monoisotopic (exact) mass is 283 g/mol. The summed E-state index contributed by atoms with van der Waals surface area (Å²) in [6.07, 6.45) is -5.82. The molecular formula is C11H10F5NO2. The lowest BCUT2D eigenvalue weighted by atomic mass is 10.2. The van der Waals surface area contributed by atoms with Gasteiger partial charge in [0.15, 0.2) is 18.2 Å². The molecule has 8 heteroatoms. The van der Waals surface area contributed by atoms with Crippen LogP contribution in [0.3, 0.4) is 0 Å². The van der Waals surface area contributed by atoms with Crippen molar-refractivity contribution in [2.75, 3.05) is 13.7 Å². The van der Waals surface area contributed by atoms with Crippen molar-refractivity contribution in [1.82, 2.24) is 4.90 Å². The van der Waals surface area contributed by atoms with Crippen LogP contribution in [0.1, 0.15) is 5.56 Å². The number of alkyl halides is 3. The highest BCUT2D eigenvalue weighted by molar-refractivity contribution is 5.67. The van der Waals surface area contributed by atoms with E-state index in [0.717, 1.165) is 17.0 Å². The number of halogens is 5. The van der Waals surface area contributed by atoms with E-state index in [-0.39, 0.29) is 12.1 Å². The topological polar surface area (TPSA) is 29.5 Å². The second-order valence-corrected chi connectivity index (χ2v) is 3.77. The Morgan fingerprint density at radius 1 is 1.26 bits per heavy atom. The van der Waals surface area contributed by atoms with Crippen molar-refractivity contribution in [3.05, 3.63) is 35.4 Å². The molecule has 0 aliphatic rings. The van der Waals surface area contributed by atoms with Crippen LogP contribution < -0.4 is 0 Å². The lowest BCUT2D eigenvalue weighted by Gasteiger charge is -2.17. The van der Waals surface area contributed by atoms with Crippen molar-refractivity contribution >= 4 is 6.09 Å². The van der Waals surface area contributed by atoms with E-state index >= 15 is 0 Å². The summed E-state index contributed by atoms with van der Waals surface area (Å²) in [6, 6.07) is 2.92. The molecule has 3 nitrogen and oxygen atoms in total. The highest BCUT2D eigenvalue weighted by Gasteiger charge is 2.30. The molecular weight excluding hydrogens is 273 g/mol. The third-order valence-corrected chi connectivity index (χ3v) is 2.07. The number of hydrogen-bond acceptors (Lipinski definition) is 2. The van der Waals surface area contributed by atoms with Gasteiger partial charge in [-0.3, -0.25) is 0 Å². The van der Waals surface area contributed by atoms with Gasteiger partial charge in [-0.25, -0.2) is 13.6 Å². The van der Waals surface area contributed by atoms with Crippen LogP contribution in [0.25, 0.3) is 0 Å². The SMILES string of the molecule is CN(Cc1ccc(F)c(F)c1)C(=O)OCC(F)(F)F. The second-order valence-electron chi connectivity index (χ2n) is 3.77. The van der Waals surface area contributed by atoms with E-state index < -0.39 is 30.5 Å². The first-order chi connectivity index (χ1) is 8.69. The molecule has 0 fully saturated rings. The number of carbonyl (C=O) groups excluding carboxylic acids is 1. The smallest absolute Gasteiger partial charge is 0.422 e. The predicted molar refractivity (Wildman–Crippen MR) is 55.2 cm³/mol. The van der Waals surface area contributed by atoms with Crippen molar-refractivity contribution in [3.63, 3.8) is 0 Å². The van der Waals surface area contributed by atoms with Crippen molar-refractivity contribution in [2.24, 2.45) is 0 Å². The molecule has 0 heterocycles. The largest absolute Gasteiger partial charge is 0.440 e. The zero-order valence-corrected chi connectivity index (χ0v) is 9.80. The first-order valence-corrected chi connectivity index (χ1v) is 5.07. The quantitative estimate of drug-likeness (QED) is 0.798. The van der Waals surface area contributed by atoms with Crippen molar-refractivity contribution in [3.8, 4) is 0 Å². The van der Waals surface area contributed by atoms with Gasteiger partial charge in [-0.1, -0.05) is 6.07 Å². The summed E-state index contributed by atoms with van der Waals surface area (Å²) in [4.78, 5) is 12.0. The fraction of sp³-hybridized carbons (Fsp3) is 0.364. The fourth-order valence-corrected chi connectivity index (χ4v) is 1.23. The molecule has 1 aromatic carbocycles. The number of nitrogens with zero attached hydrogens (tertiary/aromatic N) is 1. The maximum atomic E-state index is 12.9. The van der Waals surface area contributed by atoms with Crippen molar-refractivity contribution in [1.29, 1.82) is 0 Å². The molecule has 1 amide bonds. The molecule has 0 aliphatic heterocycles. The van der Waals surface area contributed by atoms with E-state index in [9.17, 15) is 26.7 Å². The van der Waals surface area contributed by atoms with Gasteiger partial charge in [-0.15, -0.1) is 0 Å². The minimum atomic E-state index is -4.61. The Balaban J connectivity index is 2.56. The van der Waals surface area contributed by atoms with Gasteiger partial charge in [0.1, 0.15) is 0 Å². The van der Waals surface area contributed by atoms with Gasteiger partial charge in [0.25, 0.3) is 0 Å². The van der Waals surface area contributed by atoms with Crippen molar-refractivity contribution < 1.29 is 31.5 Å². The number of ether oxygens (including phenoxy) is 1. The summed E-state index contributed by atoms with van der Waals surface area (Å²) < 4.78 is 65.0. The second kappa shape index (κ2) is 5.85. The summed E-state index contributed by atoms with van der Waals surface area (Å²) in [6.45, 7) is -1.90. The zero-order valence-electron chi connectivity index (χ0n) is 9.80. The van der Waals surface area contributed by atoms with E-state index in [1.54, 1.807) is 0 Å². The Bertz CT molecular complexity index is 461. The Hall–Kier alpha value is -1.86. The predicted octanol–water partition coefficient (Wildman–Crippen LogP) is 3.10. The maximum Gasteiger partial charge on any atom is 0.422 e.